The van der Waals surface area contributed by atoms with Gasteiger partial charge in [-0.15, -0.1) is 0 Å². The second-order valence-corrected chi connectivity index (χ2v) is 9.87. The zero-order chi connectivity index (χ0) is 21.7. The highest BCUT2D eigenvalue weighted by atomic mass is 32.2. The lowest BCUT2D eigenvalue weighted by atomic mass is 10.2. The average molecular weight is 438 g/mol. The lowest BCUT2D eigenvalue weighted by Crippen LogP contribution is -2.47. The Bertz CT molecular complexity index is 872. The van der Waals surface area contributed by atoms with E-state index in [9.17, 15) is 18.0 Å². The van der Waals surface area contributed by atoms with E-state index in [0.717, 1.165) is 13.1 Å². The zero-order valence-corrected chi connectivity index (χ0v) is 18.5. The fourth-order valence-electron chi connectivity index (χ4n) is 3.92. The molecule has 0 aliphatic carbocycles. The summed E-state index contributed by atoms with van der Waals surface area (Å²) in [6, 6.07) is 6.35. The molecule has 2 fully saturated rings. The van der Waals surface area contributed by atoms with Crippen LogP contribution in [0.4, 0.5) is 21.0 Å². The minimum atomic E-state index is -3.11. The standard InChI is InChI=1S/C20H31N5O4S/c1-3-23(4-2)11-12-25(18-8-13-30(28,29)15-18)20(27)22-16-6-5-7-17(14-16)24-10-9-21-19(24)26/h5-7,14,18H,3-4,8-13,15H2,1-2H3,(H,21,26)(H,22,27). The molecule has 2 heterocycles. The SMILES string of the molecule is CCN(CC)CCN(C(=O)Nc1cccc(N2CCNC2=O)c1)C1CCS(=O)(=O)C1. The molecule has 30 heavy (non-hydrogen) atoms. The third kappa shape index (κ3) is 5.42. The van der Waals surface area contributed by atoms with Crippen molar-refractivity contribution in [2.75, 3.05) is 61.0 Å². The second kappa shape index (κ2) is 9.65. The molecule has 2 aliphatic heterocycles. The minimum absolute atomic E-state index is 0.00661. The molecule has 0 aromatic heterocycles. The van der Waals surface area contributed by atoms with Crippen LogP contribution in [0.25, 0.3) is 0 Å². The van der Waals surface area contributed by atoms with Crippen molar-refractivity contribution in [3.05, 3.63) is 24.3 Å². The molecule has 0 radical (unpaired) electrons. The Hall–Kier alpha value is -2.33. The normalized spacial score (nSPS) is 20.4. The first-order valence-corrected chi connectivity index (χ1v) is 12.3. The van der Waals surface area contributed by atoms with Crippen LogP contribution in [0, 0.1) is 0 Å². The van der Waals surface area contributed by atoms with Gasteiger partial charge in [0.15, 0.2) is 9.84 Å². The van der Waals surface area contributed by atoms with Gasteiger partial charge in [0, 0.05) is 43.6 Å². The van der Waals surface area contributed by atoms with E-state index in [1.165, 1.54) is 0 Å². The molecule has 2 aliphatic rings. The first-order valence-electron chi connectivity index (χ1n) is 10.5. The third-order valence-electron chi connectivity index (χ3n) is 5.73. The fourth-order valence-corrected chi connectivity index (χ4v) is 5.66. The summed E-state index contributed by atoms with van der Waals surface area (Å²) < 4.78 is 24.0. The van der Waals surface area contributed by atoms with Gasteiger partial charge in [-0.1, -0.05) is 19.9 Å². The molecular formula is C20H31N5O4S. The number of nitrogens with one attached hydrogen (secondary N) is 2. The highest BCUT2D eigenvalue weighted by Crippen LogP contribution is 2.23. The molecule has 10 heteroatoms. The number of sulfone groups is 1. The van der Waals surface area contributed by atoms with Crippen LogP contribution in [0.3, 0.4) is 0 Å². The number of likely N-dealkylation sites (N-methyl/N-ethyl adjacent to an activating group) is 1. The molecule has 0 spiro atoms. The van der Waals surface area contributed by atoms with Gasteiger partial charge in [-0.2, -0.15) is 0 Å². The lowest BCUT2D eigenvalue weighted by molar-refractivity contribution is 0.178. The lowest BCUT2D eigenvalue weighted by Gasteiger charge is -2.31. The van der Waals surface area contributed by atoms with Crippen LogP contribution in [0.2, 0.25) is 0 Å². The van der Waals surface area contributed by atoms with E-state index < -0.39 is 9.84 Å². The molecule has 1 aromatic carbocycles. The van der Waals surface area contributed by atoms with Crippen molar-refractivity contribution >= 4 is 33.3 Å². The predicted octanol–water partition coefficient (Wildman–Crippen LogP) is 1.58. The van der Waals surface area contributed by atoms with Crippen LogP contribution in [-0.4, -0.2) is 87.1 Å². The number of carbonyl (C=O) groups excluding carboxylic acids is 2. The Morgan fingerprint density at radius 3 is 2.63 bits per heavy atom. The van der Waals surface area contributed by atoms with Crippen molar-refractivity contribution in [3.63, 3.8) is 0 Å². The van der Waals surface area contributed by atoms with E-state index in [0.29, 0.717) is 44.0 Å². The number of amides is 4. The van der Waals surface area contributed by atoms with E-state index in [2.05, 4.69) is 29.4 Å². The molecule has 0 bridgehead atoms. The minimum Gasteiger partial charge on any atom is -0.336 e. The van der Waals surface area contributed by atoms with Crippen LogP contribution in [0.1, 0.15) is 20.3 Å². The van der Waals surface area contributed by atoms with E-state index in [1.54, 1.807) is 28.0 Å². The molecule has 3 rings (SSSR count). The van der Waals surface area contributed by atoms with Crippen LogP contribution >= 0.6 is 0 Å². The first-order chi connectivity index (χ1) is 14.3. The smallest absolute Gasteiger partial charge is 0.322 e. The van der Waals surface area contributed by atoms with Crippen molar-refractivity contribution in [1.82, 2.24) is 15.1 Å². The Balaban J connectivity index is 1.73. The summed E-state index contributed by atoms with van der Waals surface area (Å²) in [5, 5.41) is 5.66. The van der Waals surface area contributed by atoms with Gasteiger partial charge in [0.1, 0.15) is 0 Å². The van der Waals surface area contributed by atoms with Gasteiger partial charge in [0.25, 0.3) is 0 Å². The predicted molar refractivity (Wildman–Crippen MR) is 118 cm³/mol. The van der Waals surface area contributed by atoms with Crippen molar-refractivity contribution in [2.24, 2.45) is 0 Å². The number of nitrogens with zero attached hydrogens (tertiary/aromatic N) is 3. The van der Waals surface area contributed by atoms with Crippen molar-refractivity contribution < 1.29 is 18.0 Å². The molecule has 2 saturated heterocycles. The summed E-state index contributed by atoms with van der Waals surface area (Å²) in [5.41, 5.74) is 1.28. The molecule has 9 nitrogen and oxygen atoms in total. The van der Waals surface area contributed by atoms with Gasteiger partial charge in [0.2, 0.25) is 0 Å². The fraction of sp³-hybridized carbons (Fsp3) is 0.600. The average Bonchev–Trinajstić information content (AvgIpc) is 3.30. The van der Waals surface area contributed by atoms with Crippen molar-refractivity contribution in [2.45, 2.75) is 26.3 Å². The molecule has 1 unspecified atom stereocenters. The van der Waals surface area contributed by atoms with Gasteiger partial charge in [-0.05, 0) is 37.7 Å². The number of urea groups is 2. The van der Waals surface area contributed by atoms with E-state index >= 15 is 0 Å². The van der Waals surface area contributed by atoms with E-state index in [1.807, 2.05) is 6.07 Å². The van der Waals surface area contributed by atoms with Crippen LogP contribution < -0.4 is 15.5 Å². The molecule has 1 atom stereocenters. The molecule has 166 valence electrons. The summed E-state index contributed by atoms with van der Waals surface area (Å²) in [6.07, 6.45) is 0.460. The number of carbonyl (C=O) groups is 2. The molecular weight excluding hydrogens is 406 g/mol. The van der Waals surface area contributed by atoms with Crippen molar-refractivity contribution in [3.8, 4) is 0 Å². The van der Waals surface area contributed by atoms with E-state index in [-0.39, 0.29) is 29.6 Å². The summed E-state index contributed by atoms with van der Waals surface area (Å²) in [7, 11) is -3.11. The summed E-state index contributed by atoms with van der Waals surface area (Å²) >= 11 is 0. The summed E-state index contributed by atoms with van der Waals surface area (Å²) in [6.45, 7) is 8.18. The molecule has 0 saturated carbocycles. The number of hydrogen-bond acceptors (Lipinski definition) is 5. The quantitative estimate of drug-likeness (QED) is 0.643. The van der Waals surface area contributed by atoms with Crippen LogP contribution in [0.15, 0.2) is 24.3 Å². The summed E-state index contributed by atoms with van der Waals surface area (Å²) in [5.74, 6) is 0.124. The number of hydrogen-bond donors (Lipinski definition) is 2. The van der Waals surface area contributed by atoms with Gasteiger partial charge in [0.05, 0.1) is 11.5 Å². The Kier molecular flexibility index (Phi) is 7.19. The molecule has 1 aromatic rings. The van der Waals surface area contributed by atoms with Crippen LogP contribution in [0.5, 0.6) is 0 Å². The second-order valence-electron chi connectivity index (χ2n) is 7.64. The highest BCUT2D eigenvalue weighted by molar-refractivity contribution is 7.91. The van der Waals surface area contributed by atoms with Gasteiger partial charge in [-0.3, -0.25) is 4.90 Å². The Morgan fingerprint density at radius 2 is 2.03 bits per heavy atom. The zero-order valence-electron chi connectivity index (χ0n) is 17.6. The largest absolute Gasteiger partial charge is 0.336 e. The summed E-state index contributed by atoms with van der Waals surface area (Å²) in [4.78, 5) is 30.5. The number of benzene rings is 1. The van der Waals surface area contributed by atoms with E-state index in [4.69, 9.17) is 0 Å². The maximum Gasteiger partial charge on any atom is 0.322 e. The number of anilines is 2. The van der Waals surface area contributed by atoms with Gasteiger partial charge in [-0.25, -0.2) is 18.0 Å². The monoisotopic (exact) mass is 437 g/mol. The molecule has 4 amide bonds. The van der Waals surface area contributed by atoms with Crippen LogP contribution in [-0.2, 0) is 9.84 Å². The molecule has 2 N–H and O–H groups in total. The van der Waals surface area contributed by atoms with Crippen molar-refractivity contribution in [1.29, 1.82) is 0 Å². The maximum atomic E-state index is 13.1. The number of rotatable bonds is 8. The van der Waals surface area contributed by atoms with Gasteiger partial charge < -0.3 is 20.4 Å². The Morgan fingerprint density at radius 1 is 1.27 bits per heavy atom. The Labute approximate surface area is 178 Å². The highest BCUT2D eigenvalue weighted by Gasteiger charge is 2.34. The maximum absolute atomic E-state index is 13.1. The topological polar surface area (TPSA) is 102 Å². The third-order valence-corrected chi connectivity index (χ3v) is 7.48. The van der Waals surface area contributed by atoms with Gasteiger partial charge >= 0.3 is 12.1 Å². The first kappa shape index (κ1) is 22.4.